The number of carboxylic acids is 1. The van der Waals surface area contributed by atoms with Crippen molar-refractivity contribution in [3.8, 4) is 11.5 Å². The Kier molecular flexibility index (Phi) is 3.93. The molecule has 0 bridgehead atoms. The number of ether oxygens (including phenoxy) is 2. The van der Waals surface area contributed by atoms with E-state index in [4.69, 9.17) is 14.6 Å². The Bertz CT molecular complexity index is 443. The van der Waals surface area contributed by atoms with Crippen molar-refractivity contribution < 1.29 is 23.8 Å². The normalized spacial score (nSPS) is 12.1. The lowest BCUT2D eigenvalue weighted by Crippen LogP contribution is -2.12. The standard InChI is InChI=1S/C12H15FO4/c1-6-5-8(13)10(16-3)11(17-4)9(6)7(2)12(14)15/h5,7H,1-4H3,(H,14,15). The summed E-state index contributed by atoms with van der Waals surface area (Å²) in [5.74, 6) is -2.29. The number of benzene rings is 1. The molecule has 94 valence electrons. The Morgan fingerprint density at radius 2 is 1.88 bits per heavy atom. The summed E-state index contributed by atoms with van der Waals surface area (Å²) in [4.78, 5) is 11.0. The Hall–Kier alpha value is -1.78. The molecule has 0 amide bonds. The van der Waals surface area contributed by atoms with Gasteiger partial charge in [-0.3, -0.25) is 4.79 Å². The van der Waals surface area contributed by atoms with Gasteiger partial charge < -0.3 is 14.6 Å². The smallest absolute Gasteiger partial charge is 0.310 e. The van der Waals surface area contributed by atoms with Gasteiger partial charge in [-0.1, -0.05) is 0 Å². The number of hydrogen-bond acceptors (Lipinski definition) is 3. The Balaban J connectivity index is 3.52. The van der Waals surface area contributed by atoms with Gasteiger partial charge in [-0.25, -0.2) is 4.39 Å². The molecule has 5 heteroatoms. The molecule has 1 rings (SSSR count). The Morgan fingerprint density at radius 1 is 1.35 bits per heavy atom. The maximum Gasteiger partial charge on any atom is 0.310 e. The summed E-state index contributed by atoms with van der Waals surface area (Å²) in [5, 5.41) is 9.02. The lowest BCUT2D eigenvalue weighted by atomic mass is 9.94. The van der Waals surface area contributed by atoms with E-state index in [1.807, 2.05) is 0 Å². The van der Waals surface area contributed by atoms with Crippen LogP contribution in [-0.2, 0) is 4.79 Å². The molecule has 17 heavy (non-hydrogen) atoms. The summed E-state index contributed by atoms with van der Waals surface area (Å²) in [7, 11) is 2.67. The minimum atomic E-state index is -1.000. The molecule has 1 N–H and O–H groups in total. The first kappa shape index (κ1) is 13.3. The maximum absolute atomic E-state index is 13.6. The number of hydrogen-bond donors (Lipinski definition) is 1. The van der Waals surface area contributed by atoms with E-state index in [0.29, 0.717) is 11.1 Å². The van der Waals surface area contributed by atoms with E-state index in [-0.39, 0.29) is 11.5 Å². The van der Waals surface area contributed by atoms with Gasteiger partial charge in [0.05, 0.1) is 20.1 Å². The second kappa shape index (κ2) is 5.03. The van der Waals surface area contributed by atoms with Gasteiger partial charge in [0.2, 0.25) is 0 Å². The molecule has 0 saturated carbocycles. The van der Waals surface area contributed by atoms with Crippen molar-refractivity contribution >= 4 is 5.97 Å². The Morgan fingerprint density at radius 3 is 2.29 bits per heavy atom. The molecule has 0 saturated heterocycles. The molecular formula is C12H15FO4. The van der Waals surface area contributed by atoms with Crippen molar-refractivity contribution in [2.45, 2.75) is 19.8 Å². The van der Waals surface area contributed by atoms with E-state index < -0.39 is 17.7 Å². The summed E-state index contributed by atoms with van der Waals surface area (Å²) in [6.07, 6.45) is 0. The fourth-order valence-corrected chi connectivity index (χ4v) is 1.80. The van der Waals surface area contributed by atoms with Crippen LogP contribution in [-0.4, -0.2) is 25.3 Å². The summed E-state index contributed by atoms with van der Waals surface area (Å²) in [6, 6.07) is 1.25. The van der Waals surface area contributed by atoms with Crippen LogP contribution >= 0.6 is 0 Å². The van der Waals surface area contributed by atoms with Crippen molar-refractivity contribution in [2.24, 2.45) is 0 Å². The van der Waals surface area contributed by atoms with Gasteiger partial charge in [0.15, 0.2) is 17.3 Å². The number of halogens is 1. The highest BCUT2D eigenvalue weighted by molar-refractivity contribution is 5.78. The van der Waals surface area contributed by atoms with Gasteiger partial charge in [-0.05, 0) is 25.5 Å². The van der Waals surface area contributed by atoms with Crippen LogP contribution in [0, 0.1) is 12.7 Å². The molecule has 0 heterocycles. The lowest BCUT2D eigenvalue weighted by molar-refractivity contribution is -0.138. The van der Waals surface area contributed by atoms with E-state index in [0.717, 1.165) is 0 Å². The molecule has 0 fully saturated rings. The SMILES string of the molecule is COc1c(F)cc(C)c(C(C)C(=O)O)c1OC. The van der Waals surface area contributed by atoms with Crippen LogP contribution in [0.5, 0.6) is 11.5 Å². The lowest BCUT2D eigenvalue weighted by Gasteiger charge is -2.18. The van der Waals surface area contributed by atoms with E-state index >= 15 is 0 Å². The van der Waals surface area contributed by atoms with E-state index in [1.165, 1.54) is 27.2 Å². The predicted octanol–water partition coefficient (Wildman–Crippen LogP) is 2.34. The highest BCUT2D eigenvalue weighted by Crippen LogP contribution is 2.40. The number of carbonyl (C=O) groups is 1. The van der Waals surface area contributed by atoms with E-state index in [1.54, 1.807) is 6.92 Å². The highest BCUT2D eigenvalue weighted by Gasteiger charge is 2.25. The number of methoxy groups -OCH3 is 2. The maximum atomic E-state index is 13.6. The van der Waals surface area contributed by atoms with Gasteiger partial charge in [-0.2, -0.15) is 0 Å². The molecule has 0 aromatic heterocycles. The first-order valence-electron chi connectivity index (χ1n) is 5.07. The zero-order valence-electron chi connectivity index (χ0n) is 10.2. The van der Waals surface area contributed by atoms with Crippen molar-refractivity contribution in [2.75, 3.05) is 14.2 Å². The average Bonchev–Trinajstić information content (AvgIpc) is 2.27. The average molecular weight is 242 g/mol. The summed E-state index contributed by atoms with van der Waals surface area (Å²) in [5.41, 5.74) is 0.952. The van der Waals surface area contributed by atoms with Crippen LogP contribution in [0.4, 0.5) is 4.39 Å². The monoisotopic (exact) mass is 242 g/mol. The zero-order chi connectivity index (χ0) is 13.2. The quantitative estimate of drug-likeness (QED) is 0.880. The highest BCUT2D eigenvalue weighted by atomic mass is 19.1. The molecule has 1 atom stereocenters. The van der Waals surface area contributed by atoms with Gasteiger partial charge in [0.25, 0.3) is 0 Å². The van der Waals surface area contributed by atoms with Crippen molar-refractivity contribution in [3.05, 3.63) is 23.0 Å². The van der Waals surface area contributed by atoms with Crippen LogP contribution in [0.2, 0.25) is 0 Å². The molecule has 0 aliphatic carbocycles. The fraction of sp³-hybridized carbons (Fsp3) is 0.417. The molecule has 1 aromatic rings. The number of carboxylic acid groups (broad SMARTS) is 1. The third-order valence-corrected chi connectivity index (χ3v) is 2.65. The number of aliphatic carboxylic acids is 1. The van der Waals surface area contributed by atoms with Gasteiger partial charge in [0.1, 0.15) is 0 Å². The first-order chi connectivity index (χ1) is 7.93. The van der Waals surface area contributed by atoms with Crippen LogP contribution in [0.25, 0.3) is 0 Å². The first-order valence-corrected chi connectivity index (χ1v) is 5.07. The van der Waals surface area contributed by atoms with Crippen molar-refractivity contribution in [1.82, 2.24) is 0 Å². The van der Waals surface area contributed by atoms with E-state index in [9.17, 15) is 9.18 Å². The third-order valence-electron chi connectivity index (χ3n) is 2.65. The number of aryl methyl sites for hydroxylation is 1. The molecule has 0 aliphatic rings. The second-order valence-corrected chi connectivity index (χ2v) is 3.72. The van der Waals surface area contributed by atoms with Crippen LogP contribution in [0.1, 0.15) is 24.0 Å². The molecule has 1 aromatic carbocycles. The number of rotatable bonds is 4. The van der Waals surface area contributed by atoms with Crippen molar-refractivity contribution in [1.29, 1.82) is 0 Å². The molecule has 0 spiro atoms. The summed E-state index contributed by atoms with van der Waals surface area (Å²) in [6.45, 7) is 3.16. The van der Waals surface area contributed by atoms with Crippen molar-refractivity contribution in [3.63, 3.8) is 0 Å². The van der Waals surface area contributed by atoms with Crippen LogP contribution in [0.3, 0.4) is 0 Å². The molecule has 0 aliphatic heterocycles. The largest absolute Gasteiger partial charge is 0.492 e. The zero-order valence-corrected chi connectivity index (χ0v) is 10.2. The van der Waals surface area contributed by atoms with E-state index in [2.05, 4.69) is 0 Å². The molecule has 0 radical (unpaired) electrons. The summed E-state index contributed by atoms with van der Waals surface area (Å²) >= 11 is 0. The minimum Gasteiger partial charge on any atom is -0.492 e. The third kappa shape index (κ3) is 2.33. The molecule has 1 unspecified atom stereocenters. The van der Waals surface area contributed by atoms with Gasteiger partial charge in [0, 0.05) is 5.56 Å². The van der Waals surface area contributed by atoms with Crippen LogP contribution in [0.15, 0.2) is 6.07 Å². The van der Waals surface area contributed by atoms with Gasteiger partial charge >= 0.3 is 5.97 Å². The summed E-state index contributed by atoms with van der Waals surface area (Å²) < 4.78 is 23.6. The fourth-order valence-electron chi connectivity index (χ4n) is 1.80. The molecule has 4 nitrogen and oxygen atoms in total. The second-order valence-electron chi connectivity index (χ2n) is 3.72. The van der Waals surface area contributed by atoms with Gasteiger partial charge in [-0.15, -0.1) is 0 Å². The van der Waals surface area contributed by atoms with Crippen LogP contribution < -0.4 is 9.47 Å². The minimum absolute atomic E-state index is 0.0683. The molecular weight excluding hydrogens is 227 g/mol. The predicted molar refractivity (Wildman–Crippen MR) is 60.3 cm³/mol. The topological polar surface area (TPSA) is 55.8 Å². The Labute approximate surface area is 99.0 Å².